The van der Waals surface area contributed by atoms with E-state index in [4.69, 9.17) is 5.73 Å². The maximum absolute atomic E-state index is 11.3. The Morgan fingerprint density at radius 3 is 2.24 bits per heavy atom. The molecule has 25 heavy (non-hydrogen) atoms. The van der Waals surface area contributed by atoms with Gasteiger partial charge in [-0.3, -0.25) is 9.78 Å². The molecule has 0 atom stereocenters. The van der Waals surface area contributed by atoms with E-state index in [9.17, 15) is 4.79 Å². The summed E-state index contributed by atoms with van der Waals surface area (Å²) < 4.78 is 0. The SMILES string of the molecule is CC(C)(C)C1CCC(c2ccc(-c3cncc(C(N)=O)n3)cc2)CC1. The van der Waals surface area contributed by atoms with Crippen LogP contribution in [-0.2, 0) is 0 Å². The summed E-state index contributed by atoms with van der Waals surface area (Å²) in [6.45, 7) is 7.07. The molecule has 0 radical (unpaired) electrons. The van der Waals surface area contributed by atoms with E-state index in [1.807, 2.05) is 0 Å². The van der Waals surface area contributed by atoms with Gasteiger partial charge in [0.15, 0.2) is 0 Å². The van der Waals surface area contributed by atoms with E-state index in [1.165, 1.54) is 37.4 Å². The molecular formula is C21H27N3O. The molecule has 1 saturated carbocycles. The minimum absolute atomic E-state index is 0.196. The minimum atomic E-state index is -0.554. The first kappa shape index (κ1) is 17.6. The van der Waals surface area contributed by atoms with Crippen LogP contribution in [0.1, 0.15) is 68.4 Å². The summed E-state index contributed by atoms with van der Waals surface area (Å²) >= 11 is 0. The van der Waals surface area contributed by atoms with Crippen LogP contribution in [0.2, 0.25) is 0 Å². The normalized spacial score (nSPS) is 21.1. The molecule has 0 saturated heterocycles. The van der Waals surface area contributed by atoms with Crippen molar-refractivity contribution in [1.82, 2.24) is 9.97 Å². The van der Waals surface area contributed by atoms with Crippen LogP contribution in [-0.4, -0.2) is 15.9 Å². The Hall–Kier alpha value is -2.23. The predicted molar refractivity (Wildman–Crippen MR) is 100 cm³/mol. The maximum atomic E-state index is 11.3. The lowest BCUT2D eigenvalue weighted by Gasteiger charge is -2.37. The number of hydrogen-bond donors (Lipinski definition) is 1. The molecule has 4 nitrogen and oxygen atoms in total. The number of primary amides is 1. The van der Waals surface area contributed by atoms with Crippen LogP contribution in [0.15, 0.2) is 36.7 Å². The molecule has 0 unspecified atom stereocenters. The smallest absolute Gasteiger partial charge is 0.268 e. The lowest BCUT2D eigenvalue weighted by atomic mass is 9.68. The summed E-state index contributed by atoms with van der Waals surface area (Å²) in [5.41, 5.74) is 8.93. The fraction of sp³-hybridized carbons (Fsp3) is 0.476. The molecule has 1 aromatic heterocycles. The van der Waals surface area contributed by atoms with Gasteiger partial charge >= 0.3 is 0 Å². The van der Waals surface area contributed by atoms with Gasteiger partial charge in [0.2, 0.25) is 0 Å². The van der Waals surface area contributed by atoms with Crippen molar-refractivity contribution >= 4 is 5.91 Å². The molecule has 1 amide bonds. The lowest BCUT2D eigenvalue weighted by Crippen LogP contribution is -2.25. The van der Waals surface area contributed by atoms with E-state index in [0.29, 0.717) is 17.0 Å². The zero-order chi connectivity index (χ0) is 18.0. The molecule has 4 heteroatoms. The molecule has 0 spiro atoms. The zero-order valence-electron chi connectivity index (χ0n) is 15.3. The molecule has 1 aliphatic carbocycles. The minimum Gasteiger partial charge on any atom is -0.364 e. The van der Waals surface area contributed by atoms with Gasteiger partial charge in [-0.25, -0.2) is 4.98 Å². The van der Waals surface area contributed by atoms with Crippen molar-refractivity contribution in [2.45, 2.75) is 52.4 Å². The van der Waals surface area contributed by atoms with E-state index < -0.39 is 5.91 Å². The molecule has 1 heterocycles. The van der Waals surface area contributed by atoms with Crippen molar-refractivity contribution in [1.29, 1.82) is 0 Å². The quantitative estimate of drug-likeness (QED) is 0.892. The largest absolute Gasteiger partial charge is 0.364 e. The Morgan fingerprint density at radius 2 is 1.68 bits per heavy atom. The van der Waals surface area contributed by atoms with Gasteiger partial charge in [-0.1, -0.05) is 45.0 Å². The van der Waals surface area contributed by atoms with Gasteiger partial charge in [0.25, 0.3) is 5.91 Å². The monoisotopic (exact) mass is 337 g/mol. The van der Waals surface area contributed by atoms with Crippen LogP contribution in [0, 0.1) is 11.3 Å². The Balaban J connectivity index is 1.71. The highest BCUT2D eigenvalue weighted by Crippen LogP contribution is 2.43. The van der Waals surface area contributed by atoms with E-state index >= 15 is 0 Å². The molecule has 132 valence electrons. The average Bonchev–Trinajstić information content (AvgIpc) is 2.61. The molecule has 2 aromatic rings. The average molecular weight is 337 g/mol. The summed E-state index contributed by atoms with van der Waals surface area (Å²) in [6, 6.07) is 8.52. The van der Waals surface area contributed by atoms with Crippen LogP contribution in [0.25, 0.3) is 11.3 Å². The zero-order valence-corrected chi connectivity index (χ0v) is 15.3. The first-order valence-electron chi connectivity index (χ1n) is 9.07. The van der Waals surface area contributed by atoms with Gasteiger partial charge in [-0.2, -0.15) is 0 Å². The molecule has 0 bridgehead atoms. The second kappa shape index (κ2) is 6.95. The maximum Gasteiger partial charge on any atom is 0.268 e. The highest BCUT2D eigenvalue weighted by atomic mass is 16.1. The number of aromatic nitrogens is 2. The number of nitrogens with zero attached hydrogens (tertiary/aromatic N) is 2. The third-order valence-corrected chi connectivity index (χ3v) is 5.52. The summed E-state index contributed by atoms with van der Waals surface area (Å²) in [5, 5.41) is 0. The molecule has 0 aliphatic heterocycles. The van der Waals surface area contributed by atoms with Gasteiger partial charge < -0.3 is 5.73 Å². The summed E-state index contributed by atoms with van der Waals surface area (Å²) in [7, 11) is 0. The van der Waals surface area contributed by atoms with Crippen molar-refractivity contribution < 1.29 is 4.79 Å². The van der Waals surface area contributed by atoms with Gasteiger partial charge in [-0.05, 0) is 48.5 Å². The van der Waals surface area contributed by atoms with Crippen LogP contribution in [0.4, 0.5) is 0 Å². The number of carbonyl (C=O) groups is 1. The second-order valence-corrected chi connectivity index (χ2v) is 8.19. The summed E-state index contributed by atoms with van der Waals surface area (Å²) in [6.07, 6.45) is 8.20. The lowest BCUT2D eigenvalue weighted by molar-refractivity contribution is 0.0995. The number of rotatable bonds is 3. The van der Waals surface area contributed by atoms with Gasteiger partial charge in [0, 0.05) is 5.56 Å². The highest BCUT2D eigenvalue weighted by molar-refractivity contribution is 5.90. The second-order valence-electron chi connectivity index (χ2n) is 8.19. The first-order valence-corrected chi connectivity index (χ1v) is 9.07. The molecule has 1 fully saturated rings. The van der Waals surface area contributed by atoms with Gasteiger partial charge in [0.05, 0.1) is 18.1 Å². The van der Waals surface area contributed by atoms with Crippen LogP contribution in [0.5, 0.6) is 0 Å². The summed E-state index contributed by atoms with van der Waals surface area (Å²) in [5.74, 6) is 0.923. The van der Waals surface area contributed by atoms with Crippen molar-refractivity contribution in [3.05, 3.63) is 47.9 Å². The third kappa shape index (κ3) is 4.06. The standard InChI is InChI=1S/C21H27N3O/c1-21(2,3)17-10-8-15(9-11-17)14-4-6-16(7-5-14)18-12-23-13-19(24-18)20(22)25/h4-7,12-13,15,17H,8-11H2,1-3H3,(H2,22,25). The van der Waals surface area contributed by atoms with Gasteiger partial charge in [0.1, 0.15) is 5.69 Å². The molecule has 2 N–H and O–H groups in total. The Kier molecular flexibility index (Phi) is 4.89. The Labute approximate surface area is 149 Å². The van der Waals surface area contributed by atoms with E-state index in [2.05, 4.69) is 55.0 Å². The van der Waals surface area contributed by atoms with Crippen LogP contribution >= 0.6 is 0 Å². The Morgan fingerprint density at radius 1 is 1.04 bits per heavy atom. The van der Waals surface area contributed by atoms with Crippen molar-refractivity contribution in [3.63, 3.8) is 0 Å². The van der Waals surface area contributed by atoms with Crippen LogP contribution in [0.3, 0.4) is 0 Å². The van der Waals surface area contributed by atoms with E-state index in [-0.39, 0.29) is 5.69 Å². The number of nitrogens with two attached hydrogens (primary N) is 1. The number of hydrogen-bond acceptors (Lipinski definition) is 3. The third-order valence-electron chi connectivity index (χ3n) is 5.52. The predicted octanol–water partition coefficient (Wildman–Crippen LogP) is 4.56. The van der Waals surface area contributed by atoms with Crippen molar-refractivity contribution in [2.75, 3.05) is 0 Å². The topological polar surface area (TPSA) is 68.9 Å². The van der Waals surface area contributed by atoms with Crippen LogP contribution < -0.4 is 5.73 Å². The molecule has 1 aromatic carbocycles. The van der Waals surface area contributed by atoms with E-state index in [1.54, 1.807) is 6.20 Å². The number of benzene rings is 1. The highest BCUT2D eigenvalue weighted by Gasteiger charge is 2.30. The molecular weight excluding hydrogens is 310 g/mol. The van der Waals surface area contributed by atoms with Crippen molar-refractivity contribution in [2.24, 2.45) is 17.1 Å². The number of amides is 1. The number of carbonyl (C=O) groups excluding carboxylic acids is 1. The van der Waals surface area contributed by atoms with E-state index in [0.717, 1.165) is 11.5 Å². The van der Waals surface area contributed by atoms with Gasteiger partial charge in [-0.15, -0.1) is 0 Å². The fourth-order valence-corrected chi connectivity index (χ4v) is 3.84. The molecule has 3 rings (SSSR count). The first-order chi connectivity index (χ1) is 11.8. The molecule has 1 aliphatic rings. The fourth-order valence-electron chi connectivity index (χ4n) is 3.84. The van der Waals surface area contributed by atoms with Crippen molar-refractivity contribution in [3.8, 4) is 11.3 Å². The Bertz CT molecular complexity index is 738. The summed E-state index contributed by atoms with van der Waals surface area (Å²) in [4.78, 5) is 19.6.